The van der Waals surface area contributed by atoms with Gasteiger partial charge in [0.05, 0.1) is 37.9 Å². The van der Waals surface area contributed by atoms with Crippen LogP contribution in [0, 0.1) is 0 Å². The normalized spacial score (nSPS) is 48.8. The van der Waals surface area contributed by atoms with E-state index in [-0.39, 0.29) is 6.29 Å². The van der Waals surface area contributed by atoms with Gasteiger partial charge in [0.1, 0.15) is 79.5 Å². The van der Waals surface area contributed by atoms with Gasteiger partial charge in [0.15, 0.2) is 18.2 Å². The third-order valence-electron chi connectivity index (χ3n) is 8.59. The molecule has 0 amide bonds. The lowest BCUT2D eigenvalue weighted by Crippen LogP contribution is -2.83. The molecule has 3 fully saturated rings. The Hall–Kier alpha value is -1.13. The van der Waals surface area contributed by atoms with Crippen molar-refractivity contribution in [3.05, 3.63) is 0 Å². The quantitative estimate of drug-likeness (QED) is 0.0861. The number of rotatable bonds is 12. The molecule has 264 valence electrons. The van der Waals surface area contributed by atoms with E-state index < -0.39 is 135 Å². The third-order valence-corrected chi connectivity index (χ3v) is 8.59. The highest BCUT2D eigenvalue weighted by atomic mass is 16.8. The summed E-state index contributed by atoms with van der Waals surface area (Å²) >= 11 is 0. The van der Waals surface area contributed by atoms with Crippen molar-refractivity contribution >= 4 is 6.29 Å². The summed E-state index contributed by atoms with van der Waals surface area (Å²) in [4.78, 5) is 11.4. The van der Waals surface area contributed by atoms with Gasteiger partial charge < -0.3 is 107 Å². The number of hydrogen-bond acceptors (Lipinski definition) is 21. The maximum atomic E-state index is 11.5. The maximum absolute atomic E-state index is 11.5. The summed E-state index contributed by atoms with van der Waals surface area (Å²) in [5.74, 6) is -3.00. The van der Waals surface area contributed by atoms with Gasteiger partial charge in [-0.3, -0.25) is 0 Å². The first-order valence-corrected chi connectivity index (χ1v) is 14.0. The van der Waals surface area contributed by atoms with Crippen molar-refractivity contribution in [3.63, 3.8) is 0 Å². The van der Waals surface area contributed by atoms with E-state index >= 15 is 0 Å². The van der Waals surface area contributed by atoms with E-state index in [1.54, 1.807) is 0 Å². The molecule has 19 atom stereocenters. The van der Waals surface area contributed by atoms with E-state index in [2.05, 4.69) is 0 Å². The van der Waals surface area contributed by atoms with Gasteiger partial charge in [-0.05, 0) is 6.92 Å². The van der Waals surface area contributed by atoms with E-state index in [4.69, 9.17) is 40.9 Å². The lowest BCUT2D eigenvalue weighted by molar-refractivity contribution is -0.457. The minimum absolute atomic E-state index is 0.0602. The number of aliphatic hydroxyl groups is 12. The monoisotopic (exact) mass is 663 g/mol. The van der Waals surface area contributed by atoms with Crippen LogP contribution in [0.4, 0.5) is 0 Å². The molecule has 3 heterocycles. The summed E-state index contributed by atoms with van der Waals surface area (Å²) in [5, 5.41) is 125. The van der Waals surface area contributed by atoms with Crippen LogP contribution >= 0.6 is 0 Å². The fourth-order valence-corrected chi connectivity index (χ4v) is 5.72. The molecular formula is C24H45N3O18. The highest BCUT2D eigenvalue weighted by Crippen LogP contribution is 2.48. The van der Waals surface area contributed by atoms with E-state index in [1.165, 1.54) is 0 Å². The lowest BCUT2D eigenvalue weighted by atomic mass is 9.74. The molecule has 0 saturated carbocycles. The molecule has 45 heavy (non-hydrogen) atoms. The second-order valence-corrected chi connectivity index (χ2v) is 11.5. The van der Waals surface area contributed by atoms with Crippen LogP contribution in [0.15, 0.2) is 0 Å². The van der Waals surface area contributed by atoms with Gasteiger partial charge in [-0.1, -0.05) is 0 Å². The smallest absolute Gasteiger partial charge is 0.219 e. The fourth-order valence-electron chi connectivity index (χ4n) is 5.72. The summed E-state index contributed by atoms with van der Waals surface area (Å²) in [6, 6.07) is -5.39. The van der Waals surface area contributed by atoms with Crippen LogP contribution in [0.5, 0.6) is 0 Å². The number of ether oxygens (including phenoxy) is 5. The Morgan fingerprint density at radius 2 is 1.47 bits per heavy atom. The largest absolute Gasteiger partial charge is 0.394 e. The van der Waals surface area contributed by atoms with Crippen molar-refractivity contribution < 1.29 is 89.8 Å². The zero-order chi connectivity index (χ0) is 34.2. The lowest BCUT2D eigenvalue weighted by Gasteiger charge is -2.61. The van der Waals surface area contributed by atoms with E-state index in [0.717, 1.165) is 6.92 Å². The molecule has 18 N–H and O–H groups in total. The summed E-state index contributed by atoms with van der Waals surface area (Å²) < 4.78 is 28.4. The minimum atomic E-state index is -3.00. The number of nitrogens with two attached hydrogens (primary N) is 3. The Balaban J connectivity index is 2.13. The van der Waals surface area contributed by atoms with Crippen molar-refractivity contribution in [3.8, 4) is 0 Å². The zero-order valence-corrected chi connectivity index (χ0v) is 24.1. The van der Waals surface area contributed by atoms with Crippen LogP contribution in [0.2, 0.25) is 0 Å². The first-order chi connectivity index (χ1) is 21.0. The van der Waals surface area contributed by atoms with Crippen LogP contribution in [0.3, 0.4) is 0 Å². The molecule has 0 aliphatic carbocycles. The number of aliphatic hydroxyl groups excluding tert-OH is 12. The molecule has 21 heteroatoms. The van der Waals surface area contributed by atoms with E-state index in [1.807, 2.05) is 0 Å². The number of aldehydes is 1. The molecule has 21 nitrogen and oxygen atoms in total. The maximum Gasteiger partial charge on any atom is 0.219 e. The Morgan fingerprint density at radius 3 is 2.00 bits per heavy atom. The van der Waals surface area contributed by atoms with Crippen molar-refractivity contribution in [2.45, 2.75) is 122 Å². The van der Waals surface area contributed by atoms with Crippen molar-refractivity contribution in [2.24, 2.45) is 17.2 Å². The van der Waals surface area contributed by atoms with Crippen LogP contribution in [-0.2, 0) is 28.5 Å². The molecule has 0 aromatic carbocycles. The topological polar surface area (TPSA) is 384 Å². The van der Waals surface area contributed by atoms with Gasteiger partial charge in [0.25, 0.3) is 0 Å². The van der Waals surface area contributed by atoms with Crippen LogP contribution in [0.1, 0.15) is 6.92 Å². The Morgan fingerprint density at radius 1 is 0.867 bits per heavy atom. The number of carbonyl (C=O) groups is 1. The zero-order valence-electron chi connectivity index (χ0n) is 24.1. The Labute approximate surface area is 255 Å². The van der Waals surface area contributed by atoms with Crippen LogP contribution < -0.4 is 17.2 Å². The highest BCUT2D eigenvalue weighted by Gasteiger charge is 2.71. The SMILES string of the molecule is C[C@]1([C@]2(OC(C(O)CO)C(O)C(N)C=O)O[C@H](CO)[C@@H](OC3O[C@H](CO)C(O)C(O)C3N)[C@H](O)[C@H]2N)OC(O)[C@@H](O)[C@H](O)[C@@H]1O. The van der Waals surface area contributed by atoms with Gasteiger partial charge in [-0.25, -0.2) is 0 Å². The second-order valence-electron chi connectivity index (χ2n) is 11.5. The first kappa shape index (κ1) is 38.3. The molecule has 0 bridgehead atoms. The van der Waals surface area contributed by atoms with Gasteiger partial charge in [0, 0.05) is 0 Å². The van der Waals surface area contributed by atoms with Gasteiger partial charge in [-0.2, -0.15) is 0 Å². The second kappa shape index (κ2) is 15.0. The average Bonchev–Trinajstić information content (AvgIpc) is 3.03. The minimum Gasteiger partial charge on any atom is -0.394 e. The molecule has 0 aromatic rings. The van der Waals surface area contributed by atoms with Crippen molar-refractivity contribution in [1.29, 1.82) is 0 Å². The summed E-state index contributed by atoms with van der Waals surface area (Å²) in [6.07, 6.45) is -27.4. The number of hydrogen-bond donors (Lipinski definition) is 15. The van der Waals surface area contributed by atoms with Crippen LogP contribution in [0.25, 0.3) is 0 Å². The highest BCUT2D eigenvalue weighted by molar-refractivity contribution is 5.58. The molecule has 3 rings (SSSR count). The summed E-state index contributed by atoms with van der Waals surface area (Å²) in [6.45, 7) is -2.09. The average molecular weight is 664 g/mol. The molecule has 3 aliphatic heterocycles. The fraction of sp³-hybridized carbons (Fsp3) is 0.958. The molecular weight excluding hydrogens is 618 g/mol. The standard InChI is InChI=1S/C24H45N3O18/c1-23(20(39)14(36)15(37)21(40)45-23)24(44-17(7(32)3-29)11(33)6(25)2-28)19(27)16(38)18(9(5-31)43-24)42-22-10(26)13(35)12(34)8(4-30)41-22/h2,6-22,29-40H,3-5,25-27H2,1H3/t6?,7?,8-,9-,10?,11?,12?,13?,14+,15+,16+,17?,18-,19-,20+,21?,22?,23+,24+/m1/s1. The summed E-state index contributed by atoms with van der Waals surface area (Å²) in [7, 11) is 0. The molecule has 0 aromatic heterocycles. The van der Waals surface area contributed by atoms with Crippen LogP contribution in [-0.4, -0.2) is 203 Å². The molecule has 9 unspecified atom stereocenters. The van der Waals surface area contributed by atoms with E-state index in [0.29, 0.717) is 0 Å². The predicted molar refractivity (Wildman–Crippen MR) is 141 cm³/mol. The van der Waals surface area contributed by atoms with E-state index in [9.17, 15) is 66.1 Å². The predicted octanol–water partition coefficient (Wildman–Crippen LogP) is -10.3. The van der Waals surface area contributed by atoms with Gasteiger partial charge in [-0.15, -0.1) is 0 Å². The molecule has 3 saturated heterocycles. The first-order valence-electron chi connectivity index (χ1n) is 14.0. The molecule has 0 spiro atoms. The molecule has 3 aliphatic rings. The third kappa shape index (κ3) is 6.77. The Kier molecular flexibility index (Phi) is 12.7. The van der Waals surface area contributed by atoms with Gasteiger partial charge >= 0.3 is 0 Å². The Bertz CT molecular complexity index is 970. The summed E-state index contributed by atoms with van der Waals surface area (Å²) in [5.41, 5.74) is 15.2. The van der Waals surface area contributed by atoms with Crippen molar-refractivity contribution in [1.82, 2.24) is 0 Å². The molecule has 0 radical (unpaired) electrons. The van der Waals surface area contributed by atoms with Crippen molar-refractivity contribution in [2.75, 3.05) is 19.8 Å². The number of carbonyl (C=O) groups excluding carboxylic acids is 1. The van der Waals surface area contributed by atoms with Gasteiger partial charge in [0.2, 0.25) is 5.79 Å².